The summed E-state index contributed by atoms with van der Waals surface area (Å²) in [4.78, 5) is 28.2. The summed E-state index contributed by atoms with van der Waals surface area (Å²) in [5.74, 6) is -0.768. The lowest BCUT2D eigenvalue weighted by Crippen LogP contribution is -2.48. The molecule has 0 spiro atoms. The molecular formula is C30H39F3N6O2. The molecule has 222 valence electrons. The lowest BCUT2D eigenvalue weighted by molar-refractivity contribution is -0.145. The first-order valence-electron chi connectivity index (χ1n) is 14.2. The maximum absolute atomic E-state index is 13.7. The van der Waals surface area contributed by atoms with Gasteiger partial charge in [-0.1, -0.05) is 32.8 Å². The van der Waals surface area contributed by atoms with Gasteiger partial charge in [-0.25, -0.2) is 18.2 Å². The van der Waals surface area contributed by atoms with Gasteiger partial charge in [0.2, 0.25) is 5.91 Å². The summed E-state index contributed by atoms with van der Waals surface area (Å²) < 4.78 is 41.5. The second-order valence-electron chi connectivity index (χ2n) is 10.6. The van der Waals surface area contributed by atoms with Crippen LogP contribution in [-0.4, -0.2) is 64.7 Å². The second-order valence-corrected chi connectivity index (χ2v) is 10.6. The third-order valence-electron chi connectivity index (χ3n) is 7.57. The van der Waals surface area contributed by atoms with Crippen molar-refractivity contribution in [3.8, 4) is 0 Å². The van der Waals surface area contributed by atoms with Crippen LogP contribution in [0.15, 0.2) is 30.3 Å². The van der Waals surface area contributed by atoms with Crippen LogP contribution in [0.2, 0.25) is 0 Å². The first kappa shape index (κ1) is 30.4. The van der Waals surface area contributed by atoms with Crippen molar-refractivity contribution in [2.45, 2.75) is 72.5 Å². The number of benzene rings is 2. The molecule has 0 fully saturated rings. The molecule has 41 heavy (non-hydrogen) atoms. The normalized spacial score (nSPS) is 13.2. The number of nitrogens with one attached hydrogen (secondary N) is 1. The monoisotopic (exact) mass is 572 g/mol. The van der Waals surface area contributed by atoms with E-state index < -0.39 is 13.0 Å². The number of carbonyl (C=O) groups excluding carboxylic acids is 2. The number of halogens is 3. The fraction of sp³-hybridized carbons (Fsp3) is 0.500. The molecule has 0 atom stereocenters. The molecule has 11 heteroatoms. The Balaban J connectivity index is 1.59. The number of aromatic nitrogens is 2. The van der Waals surface area contributed by atoms with E-state index in [4.69, 9.17) is 0 Å². The molecule has 4 rings (SSSR count). The molecule has 0 radical (unpaired) electrons. The van der Waals surface area contributed by atoms with E-state index in [-0.39, 0.29) is 30.7 Å². The Morgan fingerprint density at radius 3 is 2.54 bits per heavy atom. The van der Waals surface area contributed by atoms with E-state index in [1.165, 1.54) is 21.8 Å². The van der Waals surface area contributed by atoms with E-state index in [2.05, 4.69) is 17.3 Å². The summed E-state index contributed by atoms with van der Waals surface area (Å²) in [6.45, 7) is 6.65. The van der Waals surface area contributed by atoms with Gasteiger partial charge in [0.25, 0.3) is 12.3 Å². The van der Waals surface area contributed by atoms with Crippen LogP contribution in [0, 0.1) is 12.7 Å². The summed E-state index contributed by atoms with van der Waals surface area (Å²) in [6, 6.07) is 8.30. The fourth-order valence-corrected chi connectivity index (χ4v) is 5.36. The molecule has 0 bridgehead atoms. The van der Waals surface area contributed by atoms with Gasteiger partial charge in [-0.2, -0.15) is 5.10 Å². The molecule has 1 N–H and O–H groups in total. The standard InChI is InChI=1S/C30H39F3N6O2/c1-5-7-8-11-34-29(40)18-37(19-30(41)36(4)38-15-21-9-10-23(31)13-22(21)16-38)27-14-25-24(12-20(27)3)26(6-2)39(35-25)17-28(32)33/h9-10,12-14,28H,5-8,11,15-19H2,1-4H3,(H,34,40). The maximum atomic E-state index is 13.7. The van der Waals surface area contributed by atoms with E-state index in [1.54, 1.807) is 24.1 Å². The van der Waals surface area contributed by atoms with E-state index in [9.17, 15) is 22.8 Å². The van der Waals surface area contributed by atoms with Gasteiger partial charge in [-0.05, 0) is 60.7 Å². The van der Waals surface area contributed by atoms with E-state index in [0.29, 0.717) is 37.3 Å². The first-order chi connectivity index (χ1) is 19.6. The highest BCUT2D eigenvalue weighted by molar-refractivity contribution is 5.91. The van der Waals surface area contributed by atoms with Gasteiger partial charge in [-0.3, -0.25) is 19.3 Å². The van der Waals surface area contributed by atoms with E-state index in [1.807, 2.05) is 24.9 Å². The second kappa shape index (κ2) is 13.4. The van der Waals surface area contributed by atoms with Crippen LogP contribution in [0.1, 0.15) is 55.5 Å². The molecule has 0 aliphatic carbocycles. The van der Waals surface area contributed by atoms with Crippen LogP contribution in [0.3, 0.4) is 0 Å². The van der Waals surface area contributed by atoms with Crippen molar-refractivity contribution in [3.63, 3.8) is 0 Å². The summed E-state index contributed by atoms with van der Waals surface area (Å²) >= 11 is 0. The van der Waals surface area contributed by atoms with Crippen molar-refractivity contribution < 1.29 is 22.8 Å². The van der Waals surface area contributed by atoms with Crippen LogP contribution in [0.5, 0.6) is 0 Å². The Morgan fingerprint density at radius 1 is 1.07 bits per heavy atom. The van der Waals surface area contributed by atoms with Crippen molar-refractivity contribution >= 4 is 28.4 Å². The number of anilines is 1. The topological polar surface area (TPSA) is 73.7 Å². The average Bonchev–Trinajstić information content (AvgIpc) is 3.49. The number of hydrogen-bond donors (Lipinski definition) is 1. The van der Waals surface area contributed by atoms with Gasteiger partial charge in [0.1, 0.15) is 12.4 Å². The van der Waals surface area contributed by atoms with Crippen molar-refractivity contribution in [2.24, 2.45) is 0 Å². The van der Waals surface area contributed by atoms with Crippen molar-refractivity contribution in [2.75, 3.05) is 31.6 Å². The largest absolute Gasteiger partial charge is 0.355 e. The third kappa shape index (κ3) is 7.19. The summed E-state index contributed by atoms with van der Waals surface area (Å²) in [6.07, 6.45) is 0.910. The SMILES string of the molecule is CCCCCNC(=O)CN(CC(=O)N(C)N1Cc2ccc(F)cc2C1)c1cc2nn(CC(F)F)c(CC)c2cc1C. The molecule has 8 nitrogen and oxygen atoms in total. The Labute approximate surface area is 239 Å². The average molecular weight is 573 g/mol. The number of rotatable bonds is 13. The number of unbranched alkanes of at least 4 members (excludes halogenated alkanes) is 2. The minimum absolute atomic E-state index is 0.0537. The fourth-order valence-electron chi connectivity index (χ4n) is 5.36. The minimum atomic E-state index is -2.54. The molecule has 1 aromatic heterocycles. The zero-order valence-corrected chi connectivity index (χ0v) is 24.2. The van der Waals surface area contributed by atoms with Gasteiger partial charge < -0.3 is 10.2 Å². The number of hydrazine groups is 1. The van der Waals surface area contributed by atoms with Crippen LogP contribution in [0.25, 0.3) is 10.9 Å². The maximum Gasteiger partial charge on any atom is 0.257 e. The predicted molar refractivity (Wildman–Crippen MR) is 153 cm³/mol. The Bertz CT molecular complexity index is 1390. The van der Waals surface area contributed by atoms with Gasteiger partial charge in [0.15, 0.2) is 0 Å². The third-order valence-corrected chi connectivity index (χ3v) is 7.57. The number of amides is 2. The Morgan fingerprint density at radius 2 is 1.83 bits per heavy atom. The first-order valence-corrected chi connectivity index (χ1v) is 14.2. The lowest BCUT2D eigenvalue weighted by Gasteiger charge is -2.32. The lowest BCUT2D eigenvalue weighted by atomic mass is 10.1. The van der Waals surface area contributed by atoms with Crippen LogP contribution < -0.4 is 10.2 Å². The molecule has 0 saturated carbocycles. The molecule has 2 aromatic carbocycles. The zero-order valence-electron chi connectivity index (χ0n) is 24.2. The van der Waals surface area contributed by atoms with Gasteiger partial charge in [-0.15, -0.1) is 0 Å². The highest BCUT2D eigenvalue weighted by Gasteiger charge is 2.28. The van der Waals surface area contributed by atoms with Gasteiger partial charge in [0, 0.05) is 43.4 Å². The minimum Gasteiger partial charge on any atom is -0.355 e. The quantitative estimate of drug-likeness (QED) is 0.298. The number of carbonyl (C=O) groups is 2. The Kier molecular flexibility index (Phi) is 9.90. The van der Waals surface area contributed by atoms with Crippen molar-refractivity contribution in [3.05, 3.63) is 58.5 Å². The van der Waals surface area contributed by atoms with E-state index in [0.717, 1.165) is 47.0 Å². The van der Waals surface area contributed by atoms with Gasteiger partial charge in [0.05, 0.1) is 18.6 Å². The number of fused-ring (bicyclic) bond motifs is 2. The van der Waals surface area contributed by atoms with Crippen molar-refractivity contribution in [1.82, 2.24) is 25.1 Å². The van der Waals surface area contributed by atoms with E-state index >= 15 is 0 Å². The molecule has 2 amide bonds. The number of alkyl halides is 2. The number of hydrogen-bond acceptors (Lipinski definition) is 5. The van der Waals surface area contributed by atoms with Crippen LogP contribution in [0.4, 0.5) is 18.9 Å². The molecule has 0 saturated heterocycles. The Hall–Kier alpha value is -3.60. The highest BCUT2D eigenvalue weighted by atomic mass is 19.3. The summed E-state index contributed by atoms with van der Waals surface area (Å²) in [5, 5.41) is 11.5. The molecule has 2 heterocycles. The summed E-state index contributed by atoms with van der Waals surface area (Å²) in [7, 11) is 1.67. The smallest absolute Gasteiger partial charge is 0.257 e. The molecule has 3 aromatic rings. The van der Waals surface area contributed by atoms with Crippen molar-refractivity contribution in [1.29, 1.82) is 0 Å². The number of likely N-dealkylation sites (N-methyl/N-ethyl adjacent to an activating group) is 1. The predicted octanol–water partition coefficient (Wildman–Crippen LogP) is 4.81. The number of nitrogens with zero attached hydrogens (tertiary/aromatic N) is 5. The highest BCUT2D eigenvalue weighted by Crippen LogP contribution is 2.30. The molecule has 1 aliphatic rings. The molecule has 1 aliphatic heterocycles. The van der Waals surface area contributed by atoms with Crippen LogP contribution in [-0.2, 0) is 35.6 Å². The molecule has 0 unspecified atom stereocenters. The number of aryl methyl sites for hydroxylation is 2. The molecular weight excluding hydrogens is 533 g/mol. The van der Waals surface area contributed by atoms with Gasteiger partial charge >= 0.3 is 0 Å². The summed E-state index contributed by atoms with van der Waals surface area (Å²) in [5.41, 5.74) is 4.49. The van der Waals surface area contributed by atoms with Crippen LogP contribution >= 0.6 is 0 Å². The zero-order chi connectivity index (χ0) is 29.7.